The summed E-state index contributed by atoms with van der Waals surface area (Å²) in [7, 11) is 7.31. The summed E-state index contributed by atoms with van der Waals surface area (Å²) >= 11 is 0. The van der Waals surface area contributed by atoms with Crippen molar-refractivity contribution in [2.24, 2.45) is 7.05 Å². The van der Waals surface area contributed by atoms with Crippen LogP contribution in [0.1, 0.15) is 0 Å². The number of halogens is 1. The molecule has 0 amide bonds. The lowest BCUT2D eigenvalue weighted by Crippen LogP contribution is -2.08. The second-order valence-electron chi connectivity index (χ2n) is 4.14. The lowest BCUT2D eigenvalue weighted by Gasteiger charge is -2.12. The first-order valence-corrected chi connectivity index (χ1v) is 7.32. The van der Waals surface area contributed by atoms with Crippen LogP contribution < -0.4 is 4.90 Å². The topological polar surface area (TPSA) is 42.3 Å². The maximum absolute atomic E-state index is 11.5. The Morgan fingerprint density at radius 2 is 1.94 bits per heavy atom. The number of benzene rings is 1. The smallest absolute Gasteiger partial charge is 0.263 e. The van der Waals surface area contributed by atoms with E-state index >= 15 is 0 Å². The standard InChI is InChI=1S/C11H13ClN2O2S/c1-13(2)8-4-5-10-9(6-8)11(7-14(10)3)17(12,15)16/h4-7H,1-3H3. The average Bonchev–Trinajstić information content (AvgIpc) is 2.55. The van der Waals surface area contributed by atoms with Crippen molar-refractivity contribution >= 4 is 36.3 Å². The minimum absolute atomic E-state index is 0.153. The van der Waals surface area contributed by atoms with Crippen LogP contribution >= 0.6 is 10.7 Å². The quantitative estimate of drug-likeness (QED) is 0.787. The first-order chi connectivity index (χ1) is 7.80. The number of anilines is 1. The molecule has 92 valence electrons. The highest BCUT2D eigenvalue weighted by atomic mass is 35.7. The molecule has 0 aliphatic carbocycles. The molecule has 0 atom stereocenters. The van der Waals surface area contributed by atoms with E-state index in [1.54, 1.807) is 11.6 Å². The van der Waals surface area contributed by atoms with E-state index in [2.05, 4.69) is 0 Å². The first kappa shape index (κ1) is 12.3. The van der Waals surface area contributed by atoms with Crippen LogP contribution in [0.5, 0.6) is 0 Å². The molecule has 2 aromatic rings. The van der Waals surface area contributed by atoms with E-state index in [1.165, 1.54) is 6.20 Å². The van der Waals surface area contributed by atoms with E-state index in [-0.39, 0.29) is 4.90 Å². The van der Waals surface area contributed by atoms with Crippen molar-refractivity contribution in [2.75, 3.05) is 19.0 Å². The predicted molar refractivity (Wildman–Crippen MR) is 70.3 cm³/mol. The number of nitrogens with zero attached hydrogens (tertiary/aromatic N) is 2. The molecule has 0 saturated heterocycles. The number of aryl methyl sites for hydroxylation is 1. The van der Waals surface area contributed by atoms with Crippen LogP contribution in [0.4, 0.5) is 5.69 Å². The second-order valence-corrected chi connectivity index (χ2v) is 6.67. The third-order valence-corrected chi connectivity index (χ3v) is 4.06. The molecule has 4 nitrogen and oxygen atoms in total. The molecular weight excluding hydrogens is 260 g/mol. The lowest BCUT2D eigenvalue weighted by atomic mass is 10.2. The van der Waals surface area contributed by atoms with Crippen LogP contribution in [0, 0.1) is 0 Å². The van der Waals surface area contributed by atoms with Crippen LogP contribution in [-0.4, -0.2) is 27.1 Å². The highest BCUT2D eigenvalue weighted by Gasteiger charge is 2.18. The van der Waals surface area contributed by atoms with Crippen molar-refractivity contribution in [3.05, 3.63) is 24.4 Å². The molecule has 0 N–H and O–H groups in total. The van der Waals surface area contributed by atoms with Crippen LogP contribution in [0.3, 0.4) is 0 Å². The van der Waals surface area contributed by atoms with E-state index in [1.807, 2.05) is 37.2 Å². The van der Waals surface area contributed by atoms with E-state index in [0.717, 1.165) is 11.2 Å². The fraction of sp³-hybridized carbons (Fsp3) is 0.273. The van der Waals surface area contributed by atoms with Gasteiger partial charge in [-0.05, 0) is 18.2 Å². The van der Waals surface area contributed by atoms with Gasteiger partial charge in [0.2, 0.25) is 0 Å². The lowest BCUT2D eigenvalue weighted by molar-refractivity contribution is 0.610. The Labute approximate surface area is 105 Å². The Hall–Kier alpha value is -1.20. The number of hydrogen-bond acceptors (Lipinski definition) is 3. The normalized spacial score (nSPS) is 12.0. The van der Waals surface area contributed by atoms with Crippen molar-refractivity contribution in [1.29, 1.82) is 0 Å². The SMILES string of the molecule is CN(C)c1ccc2c(c1)c(S(=O)(=O)Cl)cn2C. The fourth-order valence-corrected chi connectivity index (χ4v) is 2.90. The molecule has 2 rings (SSSR count). The predicted octanol–water partition coefficient (Wildman–Crippen LogP) is 2.17. The Morgan fingerprint density at radius 3 is 2.47 bits per heavy atom. The molecule has 1 aromatic heterocycles. The van der Waals surface area contributed by atoms with Crippen molar-refractivity contribution in [1.82, 2.24) is 4.57 Å². The van der Waals surface area contributed by atoms with Crippen molar-refractivity contribution in [2.45, 2.75) is 4.90 Å². The molecule has 0 unspecified atom stereocenters. The van der Waals surface area contributed by atoms with Gasteiger partial charge in [-0.25, -0.2) is 8.42 Å². The molecular formula is C11H13ClN2O2S. The van der Waals surface area contributed by atoms with Gasteiger partial charge in [0.05, 0.1) is 0 Å². The van der Waals surface area contributed by atoms with E-state index < -0.39 is 9.05 Å². The third kappa shape index (κ3) is 2.12. The van der Waals surface area contributed by atoms with E-state index in [0.29, 0.717) is 5.39 Å². The fourth-order valence-electron chi connectivity index (χ4n) is 1.82. The zero-order valence-electron chi connectivity index (χ0n) is 9.81. The first-order valence-electron chi connectivity index (χ1n) is 5.02. The molecule has 0 spiro atoms. The number of rotatable bonds is 2. The molecule has 6 heteroatoms. The Morgan fingerprint density at radius 1 is 1.29 bits per heavy atom. The molecule has 1 aromatic carbocycles. The maximum Gasteiger partial charge on any atom is 0.263 e. The summed E-state index contributed by atoms with van der Waals surface area (Å²) in [4.78, 5) is 2.07. The summed E-state index contributed by atoms with van der Waals surface area (Å²) in [6.07, 6.45) is 1.53. The molecule has 0 saturated carbocycles. The van der Waals surface area contributed by atoms with Gasteiger partial charge in [-0.15, -0.1) is 0 Å². The van der Waals surface area contributed by atoms with Gasteiger partial charge in [0, 0.05) is 54.6 Å². The highest BCUT2D eigenvalue weighted by Crippen LogP contribution is 2.30. The molecule has 17 heavy (non-hydrogen) atoms. The maximum atomic E-state index is 11.5. The minimum Gasteiger partial charge on any atom is -0.378 e. The van der Waals surface area contributed by atoms with Gasteiger partial charge in [-0.2, -0.15) is 0 Å². The molecule has 0 aliphatic heterocycles. The van der Waals surface area contributed by atoms with Crippen LogP contribution in [0.25, 0.3) is 10.9 Å². The van der Waals surface area contributed by atoms with Gasteiger partial charge in [0.1, 0.15) is 4.90 Å². The van der Waals surface area contributed by atoms with Crippen molar-refractivity contribution in [3.63, 3.8) is 0 Å². The molecule has 0 bridgehead atoms. The summed E-state index contributed by atoms with van der Waals surface area (Å²) < 4.78 is 24.7. The second kappa shape index (κ2) is 3.92. The monoisotopic (exact) mass is 272 g/mol. The van der Waals surface area contributed by atoms with Gasteiger partial charge in [0.15, 0.2) is 0 Å². The molecule has 0 radical (unpaired) electrons. The van der Waals surface area contributed by atoms with Gasteiger partial charge in [0.25, 0.3) is 9.05 Å². The van der Waals surface area contributed by atoms with Gasteiger partial charge in [-0.1, -0.05) is 0 Å². The summed E-state index contributed by atoms with van der Waals surface area (Å²) in [6.45, 7) is 0. The average molecular weight is 273 g/mol. The zero-order valence-corrected chi connectivity index (χ0v) is 11.4. The number of aromatic nitrogens is 1. The summed E-state index contributed by atoms with van der Waals surface area (Å²) in [5.41, 5.74) is 1.78. The van der Waals surface area contributed by atoms with Gasteiger partial charge in [-0.3, -0.25) is 0 Å². The van der Waals surface area contributed by atoms with Crippen LogP contribution in [-0.2, 0) is 16.1 Å². The number of fused-ring (bicyclic) bond motifs is 1. The number of hydrogen-bond donors (Lipinski definition) is 0. The van der Waals surface area contributed by atoms with Crippen LogP contribution in [0.2, 0.25) is 0 Å². The Kier molecular flexibility index (Phi) is 2.83. The Bertz CT molecular complexity index is 674. The highest BCUT2D eigenvalue weighted by molar-refractivity contribution is 8.14. The zero-order chi connectivity index (χ0) is 12.8. The summed E-state index contributed by atoms with van der Waals surface area (Å²) in [5, 5.41) is 0.647. The van der Waals surface area contributed by atoms with Crippen molar-refractivity contribution < 1.29 is 8.42 Å². The van der Waals surface area contributed by atoms with Crippen LogP contribution in [0.15, 0.2) is 29.3 Å². The third-order valence-electron chi connectivity index (χ3n) is 2.72. The van der Waals surface area contributed by atoms with Gasteiger partial charge < -0.3 is 9.47 Å². The molecule has 1 heterocycles. The van der Waals surface area contributed by atoms with Crippen molar-refractivity contribution in [3.8, 4) is 0 Å². The summed E-state index contributed by atoms with van der Waals surface area (Å²) in [5.74, 6) is 0. The molecule has 0 fully saturated rings. The summed E-state index contributed by atoms with van der Waals surface area (Å²) in [6, 6.07) is 5.65. The van der Waals surface area contributed by atoms with Gasteiger partial charge >= 0.3 is 0 Å². The Balaban J connectivity index is 2.83. The minimum atomic E-state index is -3.72. The molecule has 0 aliphatic rings. The largest absolute Gasteiger partial charge is 0.378 e. The van der Waals surface area contributed by atoms with E-state index in [4.69, 9.17) is 10.7 Å². The van der Waals surface area contributed by atoms with E-state index in [9.17, 15) is 8.42 Å².